The summed E-state index contributed by atoms with van der Waals surface area (Å²) in [6, 6.07) is 0. The number of allylic oxidation sites excluding steroid dienone is 1. The number of aliphatic hydroxyl groups is 16. The van der Waals surface area contributed by atoms with Crippen molar-refractivity contribution in [3.8, 4) is 0 Å². The summed E-state index contributed by atoms with van der Waals surface area (Å²) in [7, 11) is 0. The largest absolute Gasteiger partial charge is 0.394 e. The molecule has 0 bridgehead atoms. The Kier molecular flexibility index (Phi) is 19.8. The molecule has 484 valence electrons. The van der Waals surface area contributed by atoms with Gasteiger partial charge >= 0.3 is 0 Å². The minimum Gasteiger partial charge on any atom is -0.394 e. The Morgan fingerprint density at radius 3 is 1.75 bits per heavy atom. The smallest absolute Gasteiger partial charge is 0.187 e. The van der Waals surface area contributed by atoms with Crippen LogP contribution in [0.4, 0.5) is 0 Å². The number of ether oxygens (including phenoxy) is 11. The third-order valence-electron chi connectivity index (χ3n) is 21.6. The molecule has 1 unspecified atom stereocenters. The van der Waals surface area contributed by atoms with Crippen molar-refractivity contribution in [1.82, 2.24) is 0 Å². The van der Waals surface area contributed by atoms with Crippen molar-refractivity contribution in [3.63, 3.8) is 0 Å². The highest BCUT2D eigenvalue weighted by atomic mass is 16.8. The number of rotatable bonds is 16. The second-order valence-corrected chi connectivity index (χ2v) is 26.8. The maximum Gasteiger partial charge on any atom is 0.187 e. The Morgan fingerprint density at radius 1 is 0.583 bits per heavy atom. The molecule has 0 amide bonds. The van der Waals surface area contributed by atoms with Crippen LogP contribution in [0.25, 0.3) is 0 Å². The number of hydrogen-bond acceptors (Lipinski definition) is 27. The van der Waals surface area contributed by atoms with E-state index < -0.39 is 190 Å². The lowest BCUT2D eigenvalue weighted by molar-refractivity contribution is -0.395. The first kappa shape index (κ1) is 65.6. The molecule has 0 aromatic carbocycles. The Balaban J connectivity index is 0.798. The van der Waals surface area contributed by atoms with Crippen LogP contribution in [0.1, 0.15) is 99.8 Å². The van der Waals surface area contributed by atoms with Gasteiger partial charge in [-0.25, -0.2) is 0 Å². The Labute approximate surface area is 487 Å². The van der Waals surface area contributed by atoms with Gasteiger partial charge in [-0.05, 0) is 106 Å². The zero-order valence-corrected chi connectivity index (χ0v) is 48.6. The van der Waals surface area contributed by atoms with Crippen LogP contribution in [0, 0.1) is 46.3 Å². The molecule has 10 aliphatic rings. The van der Waals surface area contributed by atoms with Crippen LogP contribution >= 0.6 is 0 Å². The molecule has 6 aliphatic heterocycles. The van der Waals surface area contributed by atoms with E-state index in [2.05, 4.69) is 26.8 Å². The van der Waals surface area contributed by atoms with Crippen LogP contribution in [-0.4, -0.2) is 279 Å². The van der Waals surface area contributed by atoms with Gasteiger partial charge in [0.15, 0.2) is 37.2 Å². The summed E-state index contributed by atoms with van der Waals surface area (Å²) in [5.41, 5.74) is 0.458. The van der Waals surface area contributed by atoms with Crippen LogP contribution in [0.15, 0.2) is 11.6 Å². The monoisotopic (exact) mass is 1210 g/mol. The Morgan fingerprint density at radius 2 is 1.13 bits per heavy atom. The molecule has 27 nitrogen and oxygen atoms in total. The van der Waals surface area contributed by atoms with Crippen molar-refractivity contribution in [1.29, 1.82) is 0 Å². The van der Waals surface area contributed by atoms with Gasteiger partial charge in [0.2, 0.25) is 0 Å². The molecule has 0 aromatic rings. The molecule has 4 aliphatic carbocycles. The highest BCUT2D eigenvalue weighted by molar-refractivity contribution is 5.27. The average molecular weight is 1210 g/mol. The quantitative estimate of drug-likeness (QED) is 0.0652. The summed E-state index contributed by atoms with van der Waals surface area (Å²) in [5.74, 6) is -0.959. The summed E-state index contributed by atoms with van der Waals surface area (Å²) in [6.07, 6.45) is -33.8. The fraction of sp³-hybridized carbons (Fsp3) is 0.965. The maximum absolute atomic E-state index is 12.3. The first-order valence-electron chi connectivity index (χ1n) is 30.2. The Bertz CT molecular complexity index is 2240. The van der Waals surface area contributed by atoms with Crippen LogP contribution in [0.2, 0.25) is 0 Å². The summed E-state index contributed by atoms with van der Waals surface area (Å²) < 4.78 is 66.3. The van der Waals surface area contributed by atoms with Gasteiger partial charge in [0.1, 0.15) is 104 Å². The molecule has 6 heterocycles. The van der Waals surface area contributed by atoms with Gasteiger partial charge < -0.3 is 134 Å². The molecule has 3 saturated carbocycles. The predicted molar refractivity (Wildman–Crippen MR) is 281 cm³/mol. The zero-order chi connectivity index (χ0) is 61.0. The first-order chi connectivity index (χ1) is 39.6. The van der Waals surface area contributed by atoms with Gasteiger partial charge in [-0.2, -0.15) is 0 Å². The molecule has 0 spiro atoms. The summed E-state index contributed by atoms with van der Waals surface area (Å²) in [5, 5.41) is 174. The molecular formula is C57H94O27. The highest BCUT2D eigenvalue weighted by Crippen LogP contribution is 2.70. The molecule has 6 saturated heterocycles. The number of fused-ring (bicyclic) bond motifs is 7. The molecule has 37 atom stereocenters. The van der Waals surface area contributed by atoms with E-state index in [-0.39, 0.29) is 60.1 Å². The molecule has 84 heavy (non-hydrogen) atoms. The molecule has 0 radical (unpaired) electrons. The third-order valence-corrected chi connectivity index (χ3v) is 21.6. The van der Waals surface area contributed by atoms with Gasteiger partial charge in [-0.1, -0.05) is 39.3 Å². The molecule has 9 fully saturated rings. The minimum atomic E-state index is -1.92. The van der Waals surface area contributed by atoms with Crippen LogP contribution in [-0.2, 0) is 52.1 Å². The standard InChI is InChI=1S/C57H94O27/c1-20(19-74-50-42(68)40(66)37(63)32(17-58)79-50)10-13-57(73)21(2)34-31(84-57)15-28-26-9-8-25-14-30(29(60)16-56(25,7)27(26)11-12-55(28,34)6)78-54-49(83-52-44(70)39(65)36(62)23(4)76-52)46(72)48(33(18-59)80-54)82-53-45(71)41(67)47(24(5)77-53)81-51-43(69)38(64)35(61)22(3)75-51/h8,20-24,26-54,58-73H,9-19H2,1-7H3/t20?,21-,22-,23-,24-,26+,27-,28-,29+,30+,31-,32+,33+,34-,35-,36-,37+,38+,39+,40-,41-,42+,43+,44+,45+,46-,47-,48+,49+,50+,51-,52-,53-,54+,55-,56-,57+/m0/s1. The maximum atomic E-state index is 12.3. The van der Waals surface area contributed by atoms with Crippen LogP contribution in [0.5, 0.6) is 0 Å². The van der Waals surface area contributed by atoms with Gasteiger partial charge in [0.05, 0.1) is 56.4 Å². The molecule has 27 heteroatoms. The summed E-state index contributed by atoms with van der Waals surface area (Å²) >= 11 is 0. The molecule has 16 N–H and O–H groups in total. The lowest BCUT2D eigenvalue weighted by Gasteiger charge is -2.59. The predicted octanol–water partition coefficient (Wildman–Crippen LogP) is -4.16. The fourth-order valence-corrected chi connectivity index (χ4v) is 16.5. The van der Waals surface area contributed by atoms with E-state index in [4.69, 9.17) is 52.1 Å². The van der Waals surface area contributed by atoms with Crippen molar-refractivity contribution >= 4 is 0 Å². The van der Waals surface area contributed by atoms with Crippen molar-refractivity contribution in [2.45, 2.75) is 277 Å². The van der Waals surface area contributed by atoms with E-state index in [9.17, 15) is 81.7 Å². The minimum absolute atomic E-state index is 0.0742. The number of aliphatic hydroxyl groups excluding tert-OH is 15. The van der Waals surface area contributed by atoms with Gasteiger partial charge in [-0.3, -0.25) is 0 Å². The molecule has 10 rings (SSSR count). The van der Waals surface area contributed by atoms with E-state index in [1.165, 1.54) is 20.8 Å². The third kappa shape index (κ3) is 11.8. The first-order valence-corrected chi connectivity index (χ1v) is 30.2. The van der Waals surface area contributed by atoms with E-state index in [1.807, 2.05) is 6.92 Å². The normalized spacial score (nSPS) is 56.2. The van der Waals surface area contributed by atoms with E-state index >= 15 is 0 Å². The van der Waals surface area contributed by atoms with Crippen molar-refractivity contribution < 1.29 is 134 Å². The SMILES string of the molecule is CC(CC[C@@]1(O)O[C@H]2C[C@H]3[C@@H]4CC=C5C[C@@H](O[C@@H]6O[C@H](CO)[C@@H](O[C@@H]7O[C@@H](C)[C@H](O[C@@H]8O[C@@H](C)[C@H](O)[C@@H](O)[C@H]8O)[C@@H](O)[C@H]7O)[C@H](O)[C@H]6O[C@@H]6O[C@@H](C)[C@H](O)[C@@H](O)[C@H]6O)[C@H](O)C[C@]5(C)[C@H]4CC[C@]3(C)[C@H]2[C@@H]1C)CO[C@@H]1O[C@H](CO)[C@@H](O)[C@H](O)[C@H]1O. The highest BCUT2D eigenvalue weighted by Gasteiger charge is 2.68. The van der Waals surface area contributed by atoms with Crippen LogP contribution < -0.4 is 0 Å². The zero-order valence-electron chi connectivity index (χ0n) is 48.6. The van der Waals surface area contributed by atoms with Gasteiger partial charge in [0.25, 0.3) is 0 Å². The summed E-state index contributed by atoms with van der Waals surface area (Å²) in [6.45, 7) is 11.6. The molecular weight excluding hydrogens is 1120 g/mol. The van der Waals surface area contributed by atoms with E-state index in [1.54, 1.807) is 0 Å². The van der Waals surface area contributed by atoms with Gasteiger partial charge in [0, 0.05) is 12.3 Å². The van der Waals surface area contributed by atoms with Crippen molar-refractivity contribution in [2.24, 2.45) is 46.3 Å². The van der Waals surface area contributed by atoms with E-state index in [0.717, 1.165) is 31.3 Å². The van der Waals surface area contributed by atoms with Crippen LogP contribution in [0.3, 0.4) is 0 Å². The van der Waals surface area contributed by atoms with Crippen molar-refractivity contribution in [2.75, 3.05) is 19.8 Å². The Hall–Kier alpha value is -1.34. The average Bonchev–Trinajstić information content (AvgIpc) is 2.60. The van der Waals surface area contributed by atoms with E-state index in [0.29, 0.717) is 19.3 Å². The van der Waals surface area contributed by atoms with Gasteiger partial charge in [-0.15, -0.1) is 0 Å². The topological polar surface area (TPSA) is 425 Å². The lowest BCUT2D eigenvalue weighted by atomic mass is 9.46. The summed E-state index contributed by atoms with van der Waals surface area (Å²) in [4.78, 5) is 0. The number of hydrogen-bond donors (Lipinski definition) is 16. The molecule has 0 aromatic heterocycles. The van der Waals surface area contributed by atoms with Crippen molar-refractivity contribution in [3.05, 3.63) is 11.6 Å². The second kappa shape index (κ2) is 25.4. The second-order valence-electron chi connectivity index (χ2n) is 26.8. The fourth-order valence-electron chi connectivity index (χ4n) is 16.5. The lowest BCUT2D eigenvalue weighted by Crippen LogP contribution is -2.67.